The molecule has 2 heteroatoms. The van der Waals surface area contributed by atoms with Gasteiger partial charge in [-0.3, -0.25) is 0 Å². The van der Waals surface area contributed by atoms with Gasteiger partial charge in [-0.15, -0.1) is 0 Å². The molecule has 0 saturated carbocycles. The first-order chi connectivity index (χ1) is 8.33. The molecule has 0 saturated heterocycles. The van der Waals surface area contributed by atoms with Crippen molar-refractivity contribution in [2.75, 3.05) is 7.11 Å². The molecule has 2 unspecified atom stereocenters. The molecule has 0 aromatic heterocycles. The van der Waals surface area contributed by atoms with Crippen LogP contribution in [0.3, 0.4) is 0 Å². The molecule has 0 heterocycles. The Morgan fingerprint density at radius 2 is 1.29 bits per heavy atom. The van der Waals surface area contributed by atoms with E-state index in [-0.39, 0.29) is 6.10 Å². The topological polar surface area (TPSA) is 29.5 Å². The lowest BCUT2D eigenvalue weighted by Gasteiger charge is -2.22. The predicted octanol–water partition coefficient (Wildman–Crippen LogP) is 3.11. The molecule has 0 radical (unpaired) electrons. The zero-order valence-electron chi connectivity index (χ0n) is 9.78. The summed E-state index contributed by atoms with van der Waals surface area (Å²) < 4.78 is 5.40. The molecule has 0 spiro atoms. The van der Waals surface area contributed by atoms with Gasteiger partial charge in [0.15, 0.2) is 0 Å². The van der Waals surface area contributed by atoms with E-state index >= 15 is 0 Å². The third-order valence-corrected chi connectivity index (χ3v) is 2.81. The van der Waals surface area contributed by atoms with Crippen LogP contribution < -0.4 is 0 Å². The van der Waals surface area contributed by atoms with Gasteiger partial charge in [0.2, 0.25) is 0 Å². The monoisotopic (exact) mass is 228 g/mol. The van der Waals surface area contributed by atoms with Crippen LogP contribution in [0.2, 0.25) is 0 Å². The zero-order chi connectivity index (χ0) is 12.1. The average Bonchev–Trinajstić information content (AvgIpc) is 2.42. The second kappa shape index (κ2) is 5.62. The number of hydrogen-bond acceptors (Lipinski definition) is 2. The van der Waals surface area contributed by atoms with E-state index < -0.39 is 6.10 Å². The Labute approximate surface area is 101 Å². The van der Waals surface area contributed by atoms with E-state index in [1.165, 1.54) is 0 Å². The number of aliphatic hydroxyl groups is 1. The molecule has 88 valence electrons. The summed E-state index contributed by atoms with van der Waals surface area (Å²) in [7, 11) is 1.61. The van der Waals surface area contributed by atoms with E-state index in [4.69, 9.17) is 4.74 Å². The number of ether oxygens (including phenoxy) is 1. The summed E-state index contributed by atoms with van der Waals surface area (Å²) in [6.45, 7) is 0. The highest BCUT2D eigenvalue weighted by atomic mass is 16.5. The first-order valence-electron chi connectivity index (χ1n) is 5.63. The van der Waals surface area contributed by atoms with Gasteiger partial charge in [-0.2, -0.15) is 0 Å². The fraction of sp³-hybridized carbons (Fsp3) is 0.200. The molecule has 0 amide bonds. The minimum absolute atomic E-state index is 0.335. The van der Waals surface area contributed by atoms with Crippen molar-refractivity contribution in [3.8, 4) is 0 Å². The van der Waals surface area contributed by atoms with E-state index in [0.717, 1.165) is 11.1 Å². The number of methoxy groups -OCH3 is 1. The molecule has 2 aromatic carbocycles. The summed E-state index contributed by atoms with van der Waals surface area (Å²) in [5.74, 6) is 0. The Kier molecular flexibility index (Phi) is 3.91. The maximum Gasteiger partial charge on any atom is 0.112 e. The van der Waals surface area contributed by atoms with Gasteiger partial charge < -0.3 is 9.84 Å². The number of hydrogen-bond donors (Lipinski definition) is 1. The number of benzene rings is 2. The van der Waals surface area contributed by atoms with Gasteiger partial charge in [0.1, 0.15) is 12.2 Å². The summed E-state index contributed by atoms with van der Waals surface area (Å²) in [5.41, 5.74) is 1.84. The van der Waals surface area contributed by atoms with Crippen molar-refractivity contribution in [3.63, 3.8) is 0 Å². The Balaban J connectivity index is 2.25. The molecular formula is C15H16O2. The van der Waals surface area contributed by atoms with Crippen molar-refractivity contribution in [1.29, 1.82) is 0 Å². The van der Waals surface area contributed by atoms with E-state index in [1.807, 2.05) is 60.7 Å². The van der Waals surface area contributed by atoms with Crippen LogP contribution in [0.5, 0.6) is 0 Å². The summed E-state index contributed by atoms with van der Waals surface area (Å²) in [6, 6.07) is 19.3. The largest absolute Gasteiger partial charge is 0.385 e. The van der Waals surface area contributed by atoms with Crippen LogP contribution in [0.4, 0.5) is 0 Å². The SMILES string of the molecule is COC(c1ccccc1)C(O)c1ccccc1. The highest BCUT2D eigenvalue weighted by Gasteiger charge is 2.21. The lowest BCUT2D eigenvalue weighted by atomic mass is 9.98. The molecule has 17 heavy (non-hydrogen) atoms. The van der Waals surface area contributed by atoms with Crippen molar-refractivity contribution in [1.82, 2.24) is 0 Å². The van der Waals surface area contributed by atoms with Gasteiger partial charge in [0.25, 0.3) is 0 Å². The minimum Gasteiger partial charge on any atom is -0.385 e. The molecular weight excluding hydrogens is 212 g/mol. The van der Waals surface area contributed by atoms with Gasteiger partial charge in [-0.25, -0.2) is 0 Å². The Morgan fingerprint density at radius 3 is 1.76 bits per heavy atom. The van der Waals surface area contributed by atoms with Gasteiger partial charge in [0, 0.05) is 7.11 Å². The van der Waals surface area contributed by atoms with Crippen LogP contribution in [-0.4, -0.2) is 12.2 Å². The highest BCUT2D eigenvalue weighted by molar-refractivity contribution is 5.24. The van der Waals surface area contributed by atoms with E-state index in [0.29, 0.717) is 0 Å². The molecule has 0 aliphatic rings. The standard InChI is InChI=1S/C15H16O2/c1-17-15(13-10-6-3-7-11-13)14(16)12-8-4-2-5-9-12/h2-11,14-16H,1H3. The minimum atomic E-state index is -0.649. The fourth-order valence-electron chi connectivity index (χ4n) is 1.91. The summed E-state index contributed by atoms with van der Waals surface area (Å²) in [4.78, 5) is 0. The lowest BCUT2D eigenvalue weighted by molar-refractivity contribution is -0.0149. The smallest absolute Gasteiger partial charge is 0.112 e. The Morgan fingerprint density at radius 1 is 0.824 bits per heavy atom. The van der Waals surface area contributed by atoms with Crippen LogP contribution in [0.1, 0.15) is 23.3 Å². The fourth-order valence-corrected chi connectivity index (χ4v) is 1.91. The normalized spacial score (nSPS) is 14.2. The maximum atomic E-state index is 10.3. The predicted molar refractivity (Wildman–Crippen MR) is 67.6 cm³/mol. The molecule has 0 aliphatic heterocycles. The molecule has 2 atom stereocenters. The molecule has 2 nitrogen and oxygen atoms in total. The third-order valence-electron chi connectivity index (χ3n) is 2.81. The number of rotatable bonds is 4. The molecule has 2 rings (SSSR count). The quantitative estimate of drug-likeness (QED) is 0.871. The van der Waals surface area contributed by atoms with Crippen molar-refractivity contribution in [2.45, 2.75) is 12.2 Å². The lowest BCUT2D eigenvalue weighted by Crippen LogP contribution is -2.12. The van der Waals surface area contributed by atoms with E-state index in [2.05, 4.69) is 0 Å². The summed E-state index contributed by atoms with van der Waals surface area (Å²) in [6.07, 6.45) is -0.984. The van der Waals surface area contributed by atoms with Crippen LogP contribution in [0, 0.1) is 0 Å². The van der Waals surface area contributed by atoms with Crippen LogP contribution in [0.25, 0.3) is 0 Å². The molecule has 0 aliphatic carbocycles. The van der Waals surface area contributed by atoms with Gasteiger partial charge in [0.05, 0.1) is 0 Å². The van der Waals surface area contributed by atoms with Crippen LogP contribution in [-0.2, 0) is 4.74 Å². The Hall–Kier alpha value is -1.64. The van der Waals surface area contributed by atoms with E-state index in [9.17, 15) is 5.11 Å². The second-order valence-electron chi connectivity index (χ2n) is 3.92. The van der Waals surface area contributed by atoms with Crippen molar-refractivity contribution < 1.29 is 9.84 Å². The third kappa shape index (κ3) is 2.73. The summed E-state index contributed by atoms with van der Waals surface area (Å²) in [5, 5.41) is 10.3. The van der Waals surface area contributed by atoms with Gasteiger partial charge >= 0.3 is 0 Å². The Bertz CT molecular complexity index is 439. The van der Waals surface area contributed by atoms with Gasteiger partial charge in [-0.05, 0) is 11.1 Å². The van der Waals surface area contributed by atoms with Crippen LogP contribution >= 0.6 is 0 Å². The van der Waals surface area contributed by atoms with Crippen molar-refractivity contribution >= 4 is 0 Å². The first kappa shape index (κ1) is 11.8. The van der Waals surface area contributed by atoms with E-state index in [1.54, 1.807) is 7.11 Å². The molecule has 0 fully saturated rings. The van der Waals surface area contributed by atoms with Crippen molar-refractivity contribution in [2.24, 2.45) is 0 Å². The average molecular weight is 228 g/mol. The maximum absolute atomic E-state index is 10.3. The molecule has 0 bridgehead atoms. The molecule has 2 aromatic rings. The second-order valence-corrected chi connectivity index (χ2v) is 3.92. The molecule has 1 N–H and O–H groups in total. The zero-order valence-corrected chi connectivity index (χ0v) is 9.78. The number of aliphatic hydroxyl groups excluding tert-OH is 1. The summed E-state index contributed by atoms with van der Waals surface area (Å²) >= 11 is 0. The van der Waals surface area contributed by atoms with Crippen molar-refractivity contribution in [3.05, 3.63) is 71.8 Å². The first-order valence-corrected chi connectivity index (χ1v) is 5.63. The van der Waals surface area contributed by atoms with Crippen LogP contribution in [0.15, 0.2) is 60.7 Å². The highest BCUT2D eigenvalue weighted by Crippen LogP contribution is 2.30. The van der Waals surface area contributed by atoms with Gasteiger partial charge in [-0.1, -0.05) is 60.7 Å².